The first-order valence-corrected chi connectivity index (χ1v) is 12.5. The molecule has 4 aromatic rings. The second kappa shape index (κ2) is 9.90. The molecule has 33 heavy (non-hydrogen) atoms. The maximum atomic E-state index is 12.7. The summed E-state index contributed by atoms with van der Waals surface area (Å²) in [5.41, 5.74) is 3.81. The Morgan fingerprint density at radius 2 is 2.00 bits per heavy atom. The van der Waals surface area contributed by atoms with Gasteiger partial charge in [-0.3, -0.25) is 14.2 Å². The van der Waals surface area contributed by atoms with E-state index in [1.165, 1.54) is 23.1 Å². The molecular weight excluding hydrogens is 476 g/mol. The molecule has 0 spiro atoms. The average molecular weight is 499 g/mol. The van der Waals surface area contributed by atoms with Crippen LogP contribution in [0.4, 0.5) is 5.69 Å². The van der Waals surface area contributed by atoms with E-state index in [1.807, 2.05) is 63.2 Å². The van der Waals surface area contributed by atoms with Crippen LogP contribution < -0.4 is 15.6 Å². The summed E-state index contributed by atoms with van der Waals surface area (Å²) in [6.07, 6.45) is 0. The van der Waals surface area contributed by atoms with E-state index >= 15 is 0 Å². The molecule has 0 aliphatic carbocycles. The molecule has 0 unspecified atom stereocenters. The molecule has 4 rings (SSSR count). The predicted molar refractivity (Wildman–Crippen MR) is 137 cm³/mol. The lowest BCUT2D eigenvalue weighted by molar-refractivity contribution is -0.113. The molecule has 2 aromatic heterocycles. The summed E-state index contributed by atoms with van der Waals surface area (Å²) in [5, 5.41) is 3.28. The Morgan fingerprint density at radius 1 is 1.24 bits per heavy atom. The minimum atomic E-state index is -0.279. The Labute approximate surface area is 203 Å². The lowest BCUT2D eigenvalue weighted by atomic mass is 10.1. The van der Waals surface area contributed by atoms with E-state index in [1.54, 1.807) is 4.57 Å². The van der Waals surface area contributed by atoms with Gasteiger partial charge in [-0.1, -0.05) is 35.2 Å². The van der Waals surface area contributed by atoms with Gasteiger partial charge >= 0.3 is 0 Å². The standard InChI is InChI=1S/C23H22N4O3S3/c1-4-30-16-9-7-15(8-10-16)27-20-19(33-23(27)31)21(29)26-22(25-20)32-12-18(28)24-17-11-13(2)5-6-14(17)3/h5-11H,4,12H2,1-3H3,(H,24,28)(H,25,26,29). The molecule has 0 atom stereocenters. The number of rotatable bonds is 7. The summed E-state index contributed by atoms with van der Waals surface area (Å²) in [4.78, 5) is 32.5. The average Bonchev–Trinajstić information content (AvgIpc) is 3.12. The zero-order chi connectivity index (χ0) is 23.5. The van der Waals surface area contributed by atoms with Gasteiger partial charge in [0.2, 0.25) is 5.91 Å². The molecule has 0 aliphatic rings. The van der Waals surface area contributed by atoms with E-state index in [2.05, 4.69) is 15.3 Å². The van der Waals surface area contributed by atoms with Crippen molar-refractivity contribution < 1.29 is 9.53 Å². The van der Waals surface area contributed by atoms with Crippen LogP contribution in [0.3, 0.4) is 0 Å². The number of anilines is 1. The van der Waals surface area contributed by atoms with Gasteiger partial charge in [-0.25, -0.2) is 4.98 Å². The first kappa shape index (κ1) is 23.2. The highest BCUT2D eigenvalue weighted by Gasteiger charge is 2.15. The summed E-state index contributed by atoms with van der Waals surface area (Å²) in [7, 11) is 0. The van der Waals surface area contributed by atoms with Gasteiger partial charge in [0, 0.05) is 11.4 Å². The molecule has 10 heteroatoms. The van der Waals surface area contributed by atoms with Gasteiger partial charge in [0.25, 0.3) is 5.56 Å². The zero-order valence-corrected chi connectivity index (χ0v) is 20.7. The first-order valence-electron chi connectivity index (χ1n) is 10.2. The van der Waals surface area contributed by atoms with Crippen LogP contribution in [0.2, 0.25) is 0 Å². The number of amides is 1. The molecule has 0 bridgehead atoms. The van der Waals surface area contributed by atoms with E-state index in [0.717, 1.165) is 28.3 Å². The number of nitrogens with one attached hydrogen (secondary N) is 2. The molecule has 7 nitrogen and oxygen atoms in total. The number of hydrogen-bond donors (Lipinski definition) is 2. The maximum absolute atomic E-state index is 12.7. The third-order valence-electron chi connectivity index (χ3n) is 4.83. The quantitative estimate of drug-likeness (QED) is 0.206. The molecule has 0 saturated heterocycles. The van der Waals surface area contributed by atoms with Gasteiger partial charge in [0.15, 0.2) is 14.8 Å². The van der Waals surface area contributed by atoms with Crippen molar-refractivity contribution in [2.24, 2.45) is 0 Å². The Balaban J connectivity index is 1.58. The Morgan fingerprint density at radius 3 is 2.73 bits per heavy atom. The molecule has 1 amide bonds. The summed E-state index contributed by atoms with van der Waals surface area (Å²) in [6, 6.07) is 13.3. The number of nitrogens with zero attached hydrogens (tertiary/aromatic N) is 2. The number of fused-ring (bicyclic) bond motifs is 1. The van der Waals surface area contributed by atoms with Crippen LogP contribution in [-0.4, -0.2) is 32.8 Å². The van der Waals surface area contributed by atoms with Gasteiger partial charge < -0.3 is 15.0 Å². The fraction of sp³-hybridized carbons (Fsp3) is 0.217. The van der Waals surface area contributed by atoms with Crippen molar-refractivity contribution in [1.82, 2.24) is 14.5 Å². The van der Waals surface area contributed by atoms with E-state index in [9.17, 15) is 9.59 Å². The lowest BCUT2D eigenvalue weighted by Gasteiger charge is -2.09. The minimum Gasteiger partial charge on any atom is -0.494 e. The van der Waals surface area contributed by atoms with Gasteiger partial charge in [0.1, 0.15) is 10.4 Å². The Kier molecular flexibility index (Phi) is 6.96. The van der Waals surface area contributed by atoms with Gasteiger partial charge in [-0.15, -0.1) is 0 Å². The molecule has 0 radical (unpaired) electrons. The highest BCUT2D eigenvalue weighted by Crippen LogP contribution is 2.26. The van der Waals surface area contributed by atoms with Crippen LogP contribution >= 0.6 is 35.3 Å². The van der Waals surface area contributed by atoms with Crippen LogP contribution in [0.5, 0.6) is 5.75 Å². The second-order valence-electron chi connectivity index (χ2n) is 7.31. The van der Waals surface area contributed by atoms with E-state index in [0.29, 0.717) is 26.1 Å². The van der Waals surface area contributed by atoms with Crippen molar-refractivity contribution in [3.63, 3.8) is 0 Å². The Hall–Kier alpha value is -2.95. The van der Waals surface area contributed by atoms with E-state index < -0.39 is 0 Å². The Bertz CT molecular complexity index is 1440. The lowest BCUT2D eigenvalue weighted by Crippen LogP contribution is -2.16. The number of aryl methyl sites for hydroxylation is 2. The number of ether oxygens (including phenoxy) is 1. The van der Waals surface area contributed by atoms with Crippen molar-refractivity contribution >= 4 is 57.3 Å². The van der Waals surface area contributed by atoms with Gasteiger partial charge in [-0.2, -0.15) is 0 Å². The predicted octanol–water partition coefficient (Wildman–Crippen LogP) is 5.25. The van der Waals surface area contributed by atoms with Gasteiger partial charge in [0.05, 0.1) is 12.4 Å². The monoisotopic (exact) mass is 498 g/mol. The van der Waals surface area contributed by atoms with Crippen molar-refractivity contribution in [2.45, 2.75) is 25.9 Å². The number of carbonyl (C=O) groups excluding carboxylic acids is 1. The van der Waals surface area contributed by atoms with Crippen molar-refractivity contribution in [3.05, 3.63) is 67.9 Å². The van der Waals surface area contributed by atoms with E-state index in [-0.39, 0.29) is 17.2 Å². The normalized spacial score (nSPS) is 11.0. The largest absolute Gasteiger partial charge is 0.494 e. The minimum absolute atomic E-state index is 0.107. The van der Waals surface area contributed by atoms with Crippen LogP contribution in [-0.2, 0) is 4.79 Å². The van der Waals surface area contributed by atoms with Gasteiger partial charge in [-0.05, 0) is 74.4 Å². The summed E-state index contributed by atoms with van der Waals surface area (Å²) < 4.78 is 8.22. The number of thioether (sulfide) groups is 1. The van der Waals surface area contributed by atoms with Crippen LogP contribution in [0.1, 0.15) is 18.1 Å². The molecule has 0 fully saturated rings. The molecule has 170 valence electrons. The summed E-state index contributed by atoms with van der Waals surface area (Å²) in [5.74, 6) is 0.685. The van der Waals surface area contributed by atoms with Crippen molar-refractivity contribution in [2.75, 3.05) is 17.7 Å². The molecule has 2 N–H and O–H groups in total. The number of aromatic nitrogens is 3. The highest BCUT2D eigenvalue weighted by molar-refractivity contribution is 7.99. The van der Waals surface area contributed by atoms with Crippen LogP contribution in [0.25, 0.3) is 16.0 Å². The zero-order valence-electron chi connectivity index (χ0n) is 18.3. The smallest absolute Gasteiger partial charge is 0.271 e. The summed E-state index contributed by atoms with van der Waals surface area (Å²) in [6.45, 7) is 6.42. The topological polar surface area (TPSA) is 89.0 Å². The van der Waals surface area contributed by atoms with Crippen LogP contribution in [0.15, 0.2) is 52.4 Å². The number of aromatic amines is 1. The number of carbonyl (C=O) groups is 1. The molecular formula is C23H22N4O3S3. The second-order valence-corrected chi connectivity index (χ2v) is 9.92. The first-order chi connectivity index (χ1) is 15.9. The van der Waals surface area contributed by atoms with Crippen molar-refractivity contribution in [3.8, 4) is 11.4 Å². The molecule has 2 aromatic carbocycles. The maximum Gasteiger partial charge on any atom is 0.271 e. The third-order valence-corrected chi connectivity index (χ3v) is 7.07. The van der Waals surface area contributed by atoms with E-state index in [4.69, 9.17) is 17.0 Å². The van der Waals surface area contributed by atoms with Crippen LogP contribution in [0, 0.1) is 17.8 Å². The number of thiazole rings is 1. The number of H-pyrrole nitrogens is 1. The summed E-state index contributed by atoms with van der Waals surface area (Å²) >= 11 is 7.88. The van der Waals surface area contributed by atoms with Crippen molar-refractivity contribution in [1.29, 1.82) is 0 Å². The fourth-order valence-electron chi connectivity index (χ4n) is 3.24. The number of hydrogen-bond acceptors (Lipinski definition) is 7. The molecule has 2 heterocycles. The highest BCUT2D eigenvalue weighted by atomic mass is 32.2. The molecule has 0 aliphatic heterocycles. The molecule has 0 saturated carbocycles. The fourth-order valence-corrected chi connectivity index (χ4v) is 5.17. The number of benzene rings is 2. The SMILES string of the molecule is CCOc1ccc(-n2c(=S)sc3c(=O)[nH]c(SCC(=O)Nc4cc(C)ccc4C)nc32)cc1. The third kappa shape index (κ3) is 5.18.